The van der Waals surface area contributed by atoms with Gasteiger partial charge in [0, 0.05) is 26.3 Å². The van der Waals surface area contributed by atoms with Crippen LogP contribution in [0.1, 0.15) is 11.1 Å². The number of nitrogens with one attached hydrogen (secondary N) is 1. The molecule has 3 aromatic rings. The Hall–Kier alpha value is -2.12. The van der Waals surface area contributed by atoms with Gasteiger partial charge in [-0.1, -0.05) is 55.2 Å². The van der Waals surface area contributed by atoms with E-state index in [2.05, 4.69) is 42.0 Å². The quantitative estimate of drug-likeness (QED) is 0.329. The Balaban J connectivity index is 1.90. The van der Waals surface area contributed by atoms with Crippen molar-refractivity contribution in [2.75, 3.05) is 11.9 Å². The van der Waals surface area contributed by atoms with Gasteiger partial charge in [0.15, 0.2) is 5.88 Å². The molecule has 0 unspecified atom stereocenters. The third-order valence-electron chi connectivity index (χ3n) is 3.92. The molecule has 25 heavy (non-hydrogen) atoms. The number of oxime groups is 1. The average molecular weight is 463 g/mol. The van der Waals surface area contributed by atoms with E-state index in [1.807, 2.05) is 42.5 Å². The van der Waals surface area contributed by atoms with E-state index in [9.17, 15) is 5.11 Å². The molecule has 2 N–H and O–H groups in total. The number of aromatic amines is 1. The molecule has 0 atom stereocenters. The molecule has 0 amide bonds. The first-order valence-electron chi connectivity index (χ1n) is 7.64. The fourth-order valence-electron chi connectivity index (χ4n) is 2.88. The Morgan fingerprint density at radius 2 is 2.04 bits per heavy atom. The molecule has 0 fully saturated rings. The second kappa shape index (κ2) is 6.65. The van der Waals surface area contributed by atoms with Crippen LogP contribution in [-0.2, 0) is 4.84 Å². The maximum Gasteiger partial charge on any atom is 0.199 e. The summed E-state index contributed by atoms with van der Waals surface area (Å²) in [7, 11) is 0. The third kappa shape index (κ3) is 2.87. The average Bonchev–Trinajstić information content (AvgIpc) is 3.11. The van der Waals surface area contributed by atoms with Crippen molar-refractivity contribution in [2.24, 2.45) is 10.1 Å². The number of fused-ring (bicyclic) bond motifs is 2. The first kappa shape index (κ1) is 16.4. The van der Waals surface area contributed by atoms with E-state index < -0.39 is 0 Å². The summed E-state index contributed by atoms with van der Waals surface area (Å²) in [5, 5.41) is 16.3. The number of aromatic nitrogens is 1. The standard InChI is InChI=1S/C18H13Br2N3O2/c19-7-8-25-23-16-12-9-10(20)5-6-14(12)21-17(16)15-11-3-1-2-4-13(11)22-18(15)24/h1-6,9,22,24H,7-8H2/b23-16+. The van der Waals surface area contributed by atoms with Gasteiger partial charge >= 0.3 is 0 Å². The number of halogens is 2. The number of aliphatic imine (C=N–C) groups is 1. The van der Waals surface area contributed by atoms with E-state index >= 15 is 0 Å². The van der Waals surface area contributed by atoms with Crippen LogP contribution in [0.4, 0.5) is 5.69 Å². The maximum absolute atomic E-state index is 10.5. The van der Waals surface area contributed by atoms with Crippen LogP contribution in [0.5, 0.6) is 5.88 Å². The molecule has 1 aliphatic heterocycles. The summed E-state index contributed by atoms with van der Waals surface area (Å²) < 4.78 is 0.930. The normalized spacial score (nSPS) is 14.8. The molecule has 2 aromatic carbocycles. The molecule has 0 saturated heterocycles. The molecule has 4 rings (SSSR count). The smallest absolute Gasteiger partial charge is 0.199 e. The molecule has 1 aliphatic rings. The molecule has 0 aliphatic carbocycles. The van der Waals surface area contributed by atoms with Crippen LogP contribution in [-0.4, -0.2) is 33.5 Å². The minimum Gasteiger partial charge on any atom is -0.494 e. The van der Waals surface area contributed by atoms with E-state index in [4.69, 9.17) is 9.83 Å². The number of para-hydroxylation sites is 1. The lowest BCUT2D eigenvalue weighted by Crippen LogP contribution is -2.13. The van der Waals surface area contributed by atoms with Crippen molar-refractivity contribution in [2.45, 2.75) is 0 Å². The molecular formula is C18H13Br2N3O2. The van der Waals surface area contributed by atoms with Gasteiger partial charge in [0.05, 0.1) is 11.3 Å². The van der Waals surface area contributed by atoms with Gasteiger partial charge in [-0.2, -0.15) is 0 Å². The van der Waals surface area contributed by atoms with Crippen LogP contribution in [0.15, 0.2) is 57.1 Å². The summed E-state index contributed by atoms with van der Waals surface area (Å²) in [5.74, 6) is 0.0695. The Bertz CT molecular complexity index is 1020. The predicted octanol–water partition coefficient (Wildman–Crippen LogP) is 4.89. The number of rotatable bonds is 4. The first-order valence-corrected chi connectivity index (χ1v) is 9.55. The molecular weight excluding hydrogens is 450 g/mol. The summed E-state index contributed by atoms with van der Waals surface area (Å²) in [6.45, 7) is 0.444. The van der Waals surface area contributed by atoms with Gasteiger partial charge in [0.1, 0.15) is 18.0 Å². The first-order chi connectivity index (χ1) is 12.2. The topological polar surface area (TPSA) is 70.0 Å². The van der Waals surface area contributed by atoms with Gasteiger partial charge in [0.2, 0.25) is 0 Å². The summed E-state index contributed by atoms with van der Waals surface area (Å²) in [6, 6.07) is 13.5. The zero-order chi connectivity index (χ0) is 17.4. The van der Waals surface area contributed by atoms with Gasteiger partial charge in [-0.05, 0) is 24.3 Å². The zero-order valence-electron chi connectivity index (χ0n) is 13.0. The highest BCUT2D eigenvalue weighted by atomic mass is 79.9. The second-order valence-corrected chi connectivity index (χ2v) is 7.19. The highest BCUT2D eigenvalue weighted by molar-refractivity contribution is 9.10. The van der Waals surface area contributed by atoms with Crippen LogP contribution in [0.3, 0.4) is 0 Å². The second-order valence-electron chi connectivity index (χ2n) is 5.48. The lowest BCUT2D eigenvalue weighted by atomic mass is 10.0. The molecule has 0 bridgehead atoms. The Morgan fingerprint density at radius 3 is 2.88 bits per heavy atom. The maximum atomic E-state index is 10.5. The van der Waals surface area contributed by atoms with Crippen molar-refractivity contribution >= 4 is 59.9 Å². The summed E-state index contributed by atoms with van der Waals surface area (Å²) in [5.41, 5.74) is 4.34. The zero-order valence-corrected chi connectivity index (χ0v) is 16.1. The Labute approximate surface area is 160 Å². The van der Waals surface area contributed by atoms with E-state index in [0.717, 1.165) is 26.6 Å². The van der Waals surface area contributed by atoms with Crippen LogP contribution < -0.4 is 0 Å². The minimum atomic E-state index is 0.0695. The van der Waals surface area contributed by atoms with Gasteiger partial charge in [-0.15, -0.1) is 0 Å². The number of benzene rings is 2. The number of alkyl halides is 1. The number of aromatic hydroxyl groups is 1. The Morgan fingerprint density at radius 1 is 1.20 bits per heavy atom. The summed E-state index contributed by atoms with van der Waals surface area (Å²) in [4.78, 5) is 13.1. The largest absolute Gasteiger partial charge is 0.494 e. The molecule has 5 nitrogen and oxygen atoms in total. The molecule has 0 spiro atoms. The van der Waals surface area contributed by atoms with Crippen LogP contribution in [0.2, 0.25) is 0 Å². The van der Waals surface area contributed by atoms with Gasteiger partial charge < -0.3 is 14.9 Å². The number of H-pyrrole nitrogens is 1. The molecule has 126 valence electrons. The van der Waals surface area contributed by atoms with Crippen LogP contribution in [0.25, 0.3) is 10.9 Å². The number of nitrogens with zero attached hydrogens (tertiary/aromatic N) is 2. The lowest BCUT2D eigenvalue weighted by Gasteiger charge is -2.05. The monoisotopic (exact) mass is 461 g/mol. The van der Waals surface area contributed by atoms with Crippen LogP contribution >= 0.6 is 31.9 Å². The van der Waals surface area contributed by atoms with Crippen molar-refractivity contribution in [3.05, 3.63) is 58.1 Å². The number of hydrogen-bond acceptors (Lipinski definition) is 4. The van der Waals surface area contributed by atoms with Crippen molar-refractivity contribution in [3.8, 4) is 5.88 Å². The van der Waals surface area contributed by atoms with Gasteiger partial charge in [0.25, 0.3) is 0 Å². The van der Waals surface area contributed by atoms with Crippen molar-refractivity contribution in [1.82, 2.24) is 4.98 Å². The van der Waals surface area contributed by atoms with Crippen molar-refractivity contribution < 1.29 is 9.94 Å². The van der Waals surface area contributed by atoms with Crippen molar-refractivity contribution in [3.63, 3.8) is 0 Å². The molecule has 7 heteroatoms. The molecule has 0 radical (unpaired) electrons. The molecule has 0 saturated carbocycles. The predicted molar refractivity (Wildman–Crippen MR) is 107 cm³/mol. The lowest BCUT2D eigenvalue weighted by molar-refractivity contribution is 0.163. The van der Waals surface area contributed by atoms with Crippen LogP contribution in [0, 0.1) is 0 Å². The highest BCUT2D eigenvalue weighted by Crippen LogP contribution is 2.36. The summed E-state index contributed by atoms with van der Waals surface area (Å²) >= 11 is 6.81. The van der Waals surface area contributed by atoms with E-state index in [0.29, 0.717) is 28.9 Å². The van der Waals surface area contributed by atoms with Gasteiger partial charge in [-0.3, -0.25) is 0 Å². The number of hydrogen-bond donors (Lipinski definition) is 2. The minimum absolute atomic E-state index is 0.0695. The highest BCUT2D eigenvalue weighted by Gasteiger charge is 2.29. The van der Waals surface area contributed by atoms with E-state index in [1.165, 1.54) is 0 Å². The fourth-order valence-corrected chi connectivity index (χ4v) is 3.38. The van der Waals surface area contributed by atoms with Crippen molar-refractivity contribution in [1.29, 1.82) is 0 Å². The van der Waals surface area contributed by atoms with E-state index in [1.54, 1.807) is 0 Å². The van der Waals surface area contributed by atoms with Gasteiger partial charge in [-0.25, -0.2) is 4.99 Å². The van der Waals surface area contributed by atoms with E-state index in [-0.39, 0.29) is 5.88 Å². The Kier molecular flexibility index (Phi) is 4.35. The third-order valence-corrected chi connectivity index (χ3v) is 4.73. The molecule has 1 aromatic heterocycles. The summed E-state index contributed by atoms with van der Waals surface area (Å²) in [6.07, 6.45) is 0. The SMILES string of the molecule is Oc1[nH]c2ccccc2c1C1=Nc2ccc(Br)cc2/C1=N\OCCBr. The molecule has 2 heterocycles. The fraction of sp³-hybridized carbons (Fsp3) is 0.111.